The van der Waals surface area contributed by atoms with Crippen molar-refractivity contribution in [3.63, 3.8) is 0 Å². The SMILES string of the molecule is NC(=O)C1(N2CCCCC2)CCN(C(=S)Nc2ccc(Nc3ccccc3)cc2)CC1. The second-order valence-electron chi connectivity index (χ2n) is 8.43. The fraction of sp³-hybridized carbons (Fsp3) is 0.417. The predicted molar refractivity (Wildman–Crippen MR) is 131 cm³/mol. The molecule has 4 rings (SSSR count). The number of anilines is 3. The van der Waals surface area contributed by atoms with E-state index in [-0.39, 0.29) is 5.91 Å². The van der Waals surface area contributed by atoms with Crippen LogP contribution < -0.4 is 16.4 Å². The van der Waals surface area contributed by atoms with Gasteiger partial charge in [0.2, 0.25) is 5.91 Å². The number of carbonyl (C=O) groups excluding carboxylic acids is 1. The Balaban J connectivity index is 1.33. The third-order valence-electron chi connectivity index (χ3n) is 6.50. The summed E-state index contributed by atoms with van der Waals surface area (Å²) < 4.78 is 0. The molecule has 2 aromatic rings. The van der Waals surface area contributed by atoms with E-state index < -0.39 is 5.54 Å². The van der Waals surface area contributed by atoms with Crippen LogP contribution in [0.15, 0.2) is 54.6 Å². The van der Waals surface area contributed by atoms with Crippen LogP contribution >= 0.6 is 12.2 Å². The van der Waals surface area contributed by atoms with Gasteiger partial charge >= 0.3 is 0 Å². The van der Waals surface area contributed by atoms with Crippen molar-refractivity contribution in [3.05, 3.63) is 54.6 Å². The molecule has 2 aliphatic heterocycles. The number of amides is 1. The van der Waals surface area contributed by atoms with E-state index >= 15 is 0 Å². The second-order valence-corrected chi connectivity index (χ2v) is 8.82. The first-order chi connectivity index (χ1) is 15.1. The fourth-order valence-corrected chi connectivity index (χ4v) is 4.95. The molecule has 0 atom stereocenters. The van der Waals surface area contributed by atoms with E-state index in [0.717, 1.165) is 68.9 Å². The van der Waals surface area contributed by atoms with Crippen LogP contribution in [0, 0.1) is 0 Å². The van der Waals surface area contributed by atoms with E-state index in [1.807, 2.05) is 54.6 Å². The molecule has 4 N–H and O–H groups in total. The molecule has 164 valence electrons. The Bertz CT molecular complexity index is 888. The van der Waals surface area contributed by atoms with Gasteiger partial charge in [0.1, 0.15) is 5.54 Å². The third kappa shape index (κ3) is 4.99. The molecule has 1 amide bonds. The molecule has 31 heavy (non-hydrogen) atoms. The van der Waals surface area contributed by atoms with Crippen LogP contribution in [0.2, 0.25) is 0 Å². The molecule has 2 heterocycles. The summed E-state index contributed by atoms with van der Waals surface area (Å²) in [6, 6.07) is 18.2. The minimum absolute atomic E-state index is 0.186. The summed E-state index contributed by atoms with van der Waals surface area (Å²) in [6.45, 7) is 3.40. The number of piperidine rings is 2. The Morgan fingerprint density at radius 1 is 0.839 bits per heavy atom. The number of primary amides is 1. The van der Waals surface area contributed by atoms with Crippen LogP contribution in [0.25, 0.3) is 0 Å². The van der Waals surface area contributed by atoms with Crippen LogP contribution in [0.3, 0.4) is 0 Å². The number of carbonyl (C=O) groups is 1. The summed E-state index contributed by atoms with van der Waals surface area (Å²) in [5, 5.41) is 7.41. The van der Waals surface area contributed by atoms with Gasteiger partial charge in [-0.1, -0.05) is 24.6 Å². The minimum Gasteiger partial charge on any atom is -0.368 e. The topological polar surface area (TPSA) is 73.6 Å². The van der Waals surface area contributed by atoms with Crippen LogP contribution in [0.5, 0.6) is 0 Å². The number of hydrogen-bond acceptors (Lipinski definition) is 4. The number of benzene rings is 2. The van der Waals surface area contributed by atoms with E-state index in [0.29, 0.717) is 5.11 Å². The number of thiocarbonyl (C=S) groups is 1. The van der Waals surface area contributed by atoms with Gasteiger partial charge in [0.15, 0.2) is 5.11 Å². The molecule has 0 aromatic heterocycles. The molecule has 2 aromatic carbocycles. The monoisotopic (exact) mass is 437 g/mol. The predicted octanol–water partition coefficient (Wildman–Crippen LogP) is 3.93. The Labute approximate surface area is 189 Å². The van der Waals surface area contributed by atoms with E-state index in [9.17, 15) is 4.79 Å². The Morgan fingerprint density at radius 2 is 1.42 bits per heavy atom. The smallest absolute Gasteiger partial charge is 0.238 e. The highest BCUT2D eigenvalue weighted by molar-refractivity contribution is 7.80. The normalized spacial score (nSPS) is 18.9. The standard InChI is InChI=1S/C24H31N5OS/c25-22(30)24(29-15-5-2-6-16-29)13-17-28(18-14-24)23(31)27-21-11-9-20(10-12-21)26-19-7-3-1-4-8-19/h1,3-4,7-12,26H,2,5-6,13-18H2,(H2,25,30)(H,27,31). The summed E-state index contributed by atoms with van der Waals surface area (Å²) in [6.07, 6.45) is 4.99. The first-order valence-electron chi connectivity index (χ1n) is 11.1. The number of hydrogen-bond donors (Lipinski definition) is 3. The summed E-state index contributed by atoms with van der Waals surface area (Å²) in [5.74, 6) is -0.186. The van der Waals surface area contributed by atoms with Crippen molar-refractivity contribution in [3.8, 4) is 0 Å². The van der Waals surface area contributed by atoms with Crippen molar-refractivity contribution < 1.29 is 4.79 Å². The number of nitrogens with two attached hydrogens (primary N) is 1. The molecule has 6 nitrogen and oxygen atoms in total. The van der Waals surface area contributed by atoms with Crippen molar-refractivity contribution in [2.75, 3.05) is 36.8 Å². The van der Waals surface area contributed by atoms with Gasteiger partial charge in [-0.15, -0.1) is 0 Å². The quantitative estimate of drug-likeness (QED) is 0.616. The van der Waals surface area contributed by atoms with Gasteiger partial charge in [-0.3, -0.25) is 9.69 Å². The second kappa shape index (κ2) is 9.66. The molecule has 0 bridgehead atoms. The molecule has 2 saturated heterocycles. The zero-order valence-corrected chi connectivity index (χ0v) is 18.7. The van der Waals surface area contributed by atoms with E-state index in [4.69, 9.17) is 18.0 Å². The number of rotatable bonds is 5. The van der Waals surface area contributed by atoms with Crippen molar-refractivity contribution in [2.45, 2.75) is 37.6 Å². The first kappa shape index (κ1) is 21.6. The van der Waals surface area contributed by atoms with E-state index in [1.54, 1.807) is 0 Å². The average Bonchev–Trinajstić information content (AvgIpc) is 2.81. The van der Waals surface area contributed by atoms with Crippen LogP contribution in [-0.4, -0.2) is 52.5 Å². The van der Waals surface area contributed by atoms with Crippen molar-refractivity contribution in [1.82, 2.24) is 9.80 Å². The van der Waals surface area contributed by atoms with Crippen molar-refractivity contribution in [2.24, 2.45) is 5.73 Å². The molecule has 7 heteroatoms. The molecule has 2 aliphatic rings. The van der Waals surface area contributed by atoms with Crippen LogP contribution in [0.1, 0.15) is 32.1 Å². The maximum absolute atomic E-state index is 12.4. The molecule has 0 unspecified atom stereocenters. The van der Waals surface area contributed by atoms with Crippen LogP contribution in [0.4, 0.5) is 17.1 Å². The summed E-state index contributed by atoms with van der Waals surface area (Å²) >= 11 is 5.66. The van der Waals surface area contributed by atoms with E-state index in [2.05, 4.69) is 20.4 Å². The number of para-hydroxylation sites is 1. The van der Waals surface area contributed by atoms with Gasteiger partial charge in [0.25, 0.3) is 0 Å². The summed E-state index contributed by atoms with van der Waals surface area (Å²) in [5.41, 5.74) is 8.40. The highest BCUT2D eigenvalue weighted by atomic mass is 32.1. The highest BCUT2D eigenvalue weighted by Gasteiger charge is 2.45. The van der Waals surface area contributed by atoms with Gasteiger partial charge in [-0.2, -0.15) is 0 Å². The number of nitrogens with zero attached hydrogens (tertiary/aromatic N) is 2. The summed E-state index contributed by atoms with van der Waals surface area (Å²) in [7, 11) is 0. The lowest BCUT2D eigenvalue weighted by Gasteiger charge is -2.48. The maximum Gasteiger partial charge on any atom is 0.238 e. The van der Waals surface area contributed by atoms with Crippen molar-refractivity contribution in [1.29, 1.82) is 0 Å². The Hall–Kier alpha value is -2.64. The molecule has 0 saturated carbocycles. The Morgan fingerprint density at radius 3 is 2.03 bits per heavy atom. The van der Waals surface area contributed by atoms with Gasteiger partial charge in [0, 0.05) is 30.2 Å². The molecule has 0 aliphatic carbocycles. The average molecular weight is 438 g/mol. The van der Waals surface area contributed by atoms with Gasteiger partial charge < -0.3 is 21.3 Å². The lowest BCUT2D eigenvalue weighted by Crippen LogP contribution is -2.64. The van der Waals surface area contributed by atoms with Gasteiger partial charge in [0.05, 0.1) is 0 Å². The minimum atomic E-state index is -0.517. The lowest BCUT2D eigenvalue weighted by atomic mass is 9.83. The first-order valence-corrected chi connectivity index (χ1v) is 11.5. The Kier molecular flexibility index (Phi) is 6.73. The zero-order chi connectivity index (χ0) is 21.7. The lowest BCUT2D eigenvalue weighted by molar-refractivity contribution is -0.134. The van der Waals surface area contributed by atoms with Crippen LogP contribution in [-0.2, 0) is 4.79 Å². The largest absolute Gasteiger partial charge is 0.368 e. The number of nitrogens with one attached hydrogen (secondary N) is 2. The highest BCUT2D eigenvalue weighted by Crippen LogP contribution is 2.32. The zero-order valence-electron chi connectivity index (χ0n) is 17.8. The molecular weight excluding hydrogens is 406 g/mol. The maximum atomic E-state index is 12.4. The molecule has 0 spiro atoms. The molecule has 2 fully saturated rings. The third-order valence-corrected chi connectivity index (χ3v) is 6.86. The van der Waals surface area contributed by atoms with Gasteiger partial charge in [-0.25, -0.2) is 0 Å². The van der Waals surface area contributed by atoms with Crippen molar-refractivity contribution >= 4 is 40.3 Å². The van der Waals surface area contributed by atoms with E-state index in [1.165, 1.54) is 6.42 Å². The molecule has 0 radical (unpaired) electrons. The van der Waals surface area contributed by atoms with Gasteiger partial charge in [-0.05, 0) is 87.4 Å². The fourth-order valence-electron chi connectivity index (χ4n) is 4.65. The number of likely N-dealkylation sites (tertiary alicyclic amines) is 2. The summed E-state index contributed by atoms with van der Waals surface area (Å²) in [4.78, 5) is 16.9. The molecular formula is C24H31N5OS.